The Morgan fingerprint density at radius 3 is 2.10 bits per heavy atom. The first-order valence-corrected chi connectivity index (χ1v) is 10.2. The zero-order valence-electron chi connectivity index (χ0n) is 17.5. The fourth-order valence-corrected chi connectivity index (χ4v) is 3.12. The number of amides is 2. The van der Waals surface area contributed by atoms with Gasteiger partial charge in [-0.15, -0.1) is 0 Å². The lowest BCUT2D eigenvalue weighted by molar-refractivity contribution is -0.143. The monoisotopic (exact) mass is 408 g/mol. The quantitative estimate of drug-likeness (QED) is 0.268. The van der Waals surface area contributed by atoms with Crippen LogP contribution in [0.3, 0.4) is 0 Å². The Labute approximate surface area is 177 Å². The first-order chi connectivity index (χ1) is 14.5. The Balaban J connectivity index is 2.29. The second-order valence-electron chi connectivity index (χ2n) is 7.09. The second-order valence-corrected chi connectivity index (χ2v) is 7.09. The van der Waals surface area contributed by atoms with Crippen molar-refractivity contribution in [3.05, 3.63) is 71.8 Å². The van der Waals surface area contributed by atoms with Gasteiger partial charge in [0, 0.05) is 18.7 Å². The van der Waals surface area contributed by atoms with Crippen LogP contribution in [-0.2, 0) is 20.8 Å². The predicted octanol–water partition coefficient (Wildman–Crippen LogP) is 2.81. The average Bonchev–Trinajstić information content (AvgIpc) is 2.76. The molecule has 1 atom stereocenters. The minimum Gasteiger partial charge on any atom is -0.354 e. The molecular weight excluding hydrogens is 380 g/mol. The third-order valence-corrected chi connectivity index (χ3v) is 4.75. The minimum atomic E-state index is -1.34. The Morgan fingerprint density at radius 1 is 0.933 bits per heavy atom. The van der Waals surface area contributed by atoms with E-state index in [0.29, 0.717) is 13.0 Å². The Morgan fingerprint density at radius 2 is 1.53 bits per heavy atom. The van der Waals surface area contributed by atoms with Gasteiger partial charge in [-0.2, -0.15) is 0 Å². The summed E-state index contributed by atoms with van der Waals surface area (Å²) in [7, 11) is 0. The van der Waals surface area contributed by atoms with E-state index in [4.69, 9.17) is 0 Å². The zero-order chi connectivity index (χ0) is 21.9. The maximum atomic E-state index is 13.1. The molecule has 0 saturated carbocycles. The third-order valence-electron chi connectivity index (χ3n) is 4.75. The molecule has 0 aliphatic carbocycles. The fourth-order valence-electron chi connectivity index (χ4n) is 3.12. The lowest BCUT2D eigenvalue weighted by atomic mass is 10.0. The molecule has 0 aliphatic heterocycles. The molecule has 0 aliphatic rings. The van der Waals surface area contributed by atoms with Gasteiger partial charge in [0.05, 0.1) is 0 Å². The van der Waals surface area contributed by atoms with Crippen molar-refractivity contribution in [3.63, 3.8) is 0 Å². The summed E-state index contributed by atoms with van der Waals surface area (Å²) in [4.78, 5) is 52.1. The molecular formula is C24H28N2O4. The summed E-state index contributed by atoms with van der Waals surface area (Å²) in [6.45, 7) is 3.74. The molecule has 1 N–H and O–H groups in total. The van der Waals surface area contributed by atoms with Gasteiger partial charge in [0.25, 0.3) is 11.8 Å². The lowest BCUT2D eigenvalue weighted by Crippen LogP contribution is -2.55. The van der Waals surface area contributed by atoms with Crippen LogP contribution in [0.25, 0.3) is 0 Å². The number of nitrogens with zero attached hydrogens (tertiary/aromatic N) is 1. The van der Waals surface area contributed by atoms with Crippen LogP contribution in [0.2, 0.25) is 0 Å². The maximum absolute atomic E-state index is 13.1. The Hall–Kier alpha value is -3.28. The highest BCUT2D eigenvalue weighted by Gasteiger charge is 2.36. The summed E-state index contributed by atoms with van der Waals surface area (Å²) in [5.41, 5.74) is 1.16. The van der Waals surface area contributed by atoms with Crippen LogP contribution in [-0.4, -0.2) is 47.4 Å². The molecule has 158 valence electrons. The van der Waals surface area contributed by atoms with Gasteiger partial charge in [0.15, 0.2) is 11.8 Å². The number of carbonyl (C=O) groups is 4. The van der Waals surface area contributed by atoms with E-state index in [1.54, 1.807) is 30.3 Å². The molecule has 2 amide bonds. The first-order valence-electron chi connectivity index (χ1n) is 10.2. The van der Waals surface area contributed by atoms with E-state index >= 15 is 0 Å². The van der Waals surface area contributed by atoms with Gasteiger partial charge in [-0.05, 0) is 25.3 Å². The maximum Gasteiger partial charge on any atom is 0.296 e. The number of carbonyl (C=O) groups excluding carboxylic acids is 4. The summed E-state index contributed by atoms with van der Waals surface area (Å²) in [5, 5.41) is 2.71. The van der Waals surface area contributed by atoms with Crippen LogP contribution in [0.5, 0.6) is 0 Å². The molecule has 6 heteroatoms. The van der Waals surface area contributed by atoms with Crippen LogP contribution < -0.4 is 5.32 Å². The van der Waals surface area contributed by atoms with Gasteiger partial charge in [-0.1, -0.05) is 74.0 Å². The van der Waals surface area contributed by atoms with Crippen molar-refractivity contribution in [2.24, 2.45) is 0 Å². The standard InChI is InChI=1S/C24H28N2O4/c1-3-4-16-25-23(29)21(18(2)27)26(17-15-19-11-7-5-8-12-19)24(30)22(28)20-13-9-6-10-14-20/h5-14,21H,3-4,15-17H2,1-2H3,(H,25,29). The van der Waals surface area contributed by atoms with E-state index in [1.165, 1.54) is 6.92 Å². The zero-order valence-corrected chi connectivity index (χ0v) is 17.5. The van der Waals surface area contributed by atoms with Crippen molar-refractivity contribution in [2.45, 2.75) is 39.2 Å². The van der Waals surface area contributed by atoms with E-state index < -0.39 is 29.4 Å². The van der Waals surface area contributed by atoms with Crippen molar-refractivity contribution in [2.75, 3.05) is 13.1 Å². The molecule has 0 radical (unpaired) electrons. The van der Waals surface area contributed by atoms with Crippen LogP contribution in [0.1, 0.15) is 42.6 Å². The number of Topliss-reactive ketones (excluding diaryl/α,β-unsaturated/α-hetero) is 2. The number of rotatable bonds is 11. The molecule has 30 heavy (non-hydrogen) atoms. The molecule has 0 saturated heterocycles. The Kier molecular flexibility index (Phi) is 8.94. The third kappa shape index (κ3) is 6.37. The molecule has 0 fully saturated rings. The van der Waals surface area contributed by atoms with E-state index in [9.17, 15) is 19.2 Å². The van der Waals surface area contributed by atoms with Gasteiger partial charge in [0.1, 0.15) is 0 Å². The number of ketones is 2. The summed E-state index contributed by atoms with van der Waals surface area (Å²) in [6.07, 6.45) is 2.06. The summed E-state index contributed by atoms with van der Waals surface area (Å²) < 4.78 is 0. The fraction of sp³-hybridized carbons (Fsp3) is 0.333. The molecule has 0 heterocycles. The van der Waals surface area contributed by atoms with Crippen LogP contribution >= 0.6 is 0 Å². The van der Waals surface area contributed by atoms with Crippen LogP contribution in [0, 0.1) is 0 Å². The van der Waals surface area contributed by atoms with E-state index in [0.717, 1.165) is 23.3 Å². The summed E-state index contributed by atoms with van der Waals surface area (Å²) >= 11 is 0. The van der Waals surface area contributed by atoms with E-state index in [-0.39, 0.29) is 12.1 Å². The first kappa shape index (κ1) is 23.0. The van der Waals surface area contributed by atoms with E-state index in [2.05, 4.69) is 5.32 Å². The van der Waals surface area contributed by atoms with Crippen molar-refractivity contribution < 1.29 is 19.2 Å². The smallest absolute Gasteiger partial charge is 0.296 e. The van der Waals surface area contributed by atoms with Crippen LogP contribution in [0.15, 0.2) is 60.7 Å². The van der Waals surface area contributed by atoms with E-state index in [1.807, 2.05) is 37.3 Å². The normalized spacial score (nSPS) is 11.4. The number of nitrogens with one attached hydrogen (secondary N) is 1. The minimum absolute atomic E-state index is 0.0763. The Bertz CT molecular complexity index is 865. The molecule has 2 aromatic carbocycles. The molecule has 2 rings (SSSR count). The average molecular weight is 408 g/mol. The molecule has 6 nitrogen and oxygen atoms in total. The SMILES string of the molecule is CCCCNC(=O)C(C(C)=O)N(CCc1ccccc1)C(=O)C(=O)c1ccccc1. The van der Waals surface area contributed by atoms with Crippen molar-refractivity contribution >= 4 is 23.4 Å². The van der Waals surface area contributed by atoms with Gasteiger partial charge in [0.2, 0.25) is 5.78 Å². The van der Waals surface area contributed by atoms with Crippen molar-refractivity contribution in [1.82, 2.24) is 10.2 Å². The number of hydrogen-bond acceptors (Lipinski definition) is 4. The predicted molar refractivity (Wildman–Crippen MR) is 115 cm³/mol. The molecule has 0 aromatic heterocycles. The number of benzene rings is 2. The largest absolute Gasteiger partial charge is 0.354 e. The highest BCUT2D eigenvalue weighted by molar-refractivity contribution is 6.43. The van der Waals surface area contributed by atoms with Gasteiger partial charge < -0.3 is 10.2 Å². The second kappa shape index (κ2) is 11.7. The molecule has 1 unspecified atom stereocenters. The number of unbranched alkanes of at least 4 members (excludes halogenated alkanes) is 1. The highest BCUT2D eigenvalue weighted by atomic mass is 16.2. The topological polar surface area (TPSA) is 83.6 Å². The summed E-state index contributed by atoms with van der Waals surface area (Å²) in [6, 6.07) is 16.2. The highest BCUT2D eigenvalue weighted by Crippen LogP contribution is 2.11. The van der Waals surface area contributed by atoms with Crippen molar-refractivity contribution in [1.29, 1.82) is 0 Å². The van der Waals surface area contributed by atoms with Gasteiger partial charge >= 0.3 is 0 Å². The van der Waals surface area contributed by atoms with Gasteiger partial charge in [-0.3, -0.25) is 19.2 Å². The van der Waals surface area contributed by atoms with Crippen molar-refractivity contribution in [3.8, 4) is 0 Å². The van der Waals surface area contributed by atoms with Gasteiger partial charge in [-0.25, -0.2) is 0 Å². The number of hydrogen-bond donors (Lipinski definition) is 1. The molecule has 2 aromatic rings. The molecule has 0 bridgehead atoms. The summed E-state index contributed by atoms with van der Waals surface area (Å²) in [5.74, 6) is -2.64. The molecule has 0 spiro atoms. The lowest BCUT2D eigenvalue weighted by Gasteiger charge is -2.29. The van der Waals surface area contributed by atoms with Crippen LogP contribution in [0.4, 0.5) is 0 Å².